The minimum Gasteiger partial charge on any atom is -0.492 e. The first-order chi connectivity index (χ1) is 10.7. The predicted molar refractivity (Wildman–Crippen MR) is 85.0 cm³/mol. The van der Waals surface area contributed by atoms with Crippen LogP contribution in [-0.2, 0) is 0 Å². The van der Waals surface area contributed by atoms with E-state index in [1.165, 1.54) is 0 Å². The van der Waals surface area contributed by atoms with Gasteiger partial charge in [0, 0.05) is 13.1 Å². The lowest BCUT2D eigenvalue weighted by Gasteiger charge is -2.09. The molecule has 116 valence electrons. The zero-order chi connectivity index (χ0) is 15.5. The number of hydrogen-bond donors (Lipinski definition) is 3. The van der Waals surface area contributed by atoms with Crippen molar-refractivity contribution < 1.29 is 14.6 Å². The maximum Gasteiger partial charge on any atom is 0.120 e. The molecule has 0 saturated heterocycles. The Morgan fingerprint density at radius 3 is 2.14 bits per heavy atom. The van der Waals surface area contributed by atoms with Gasteiger partial charge in [0.05, 0.1) is 0 Å². The zero-order valence-electron chi connectivity index (χ0n) is 12.3. The fourth-order valence-corrected chi connectivity index (χ4v) is 2.72. The van der Waals surface area contributed by atoms with Crippen LogP contribution < -0.4 is 20.9 Å². The summed E-state index contributed by atoms with van der Waals surface area (Å²) in [5.41, 5.74) is 14.6. The minimum absolute atomic E-state index is 0.457. The highest BCUT2D eigenvalue weighted by molar-refractivity contribution is 5.79. The molecule has 5 nitrogen and oxygen atoms in total. The molecule has 3 rings (SSSR count). The number of ether oxygens (including phenoxy) is 2. The van der Waals surface area contributed by atoms with E-state index in [-0.39, 0.29) is 0 Å². The lowest BCUT2D eigenvalue weighted by atomic mass is 10.1. The maximum atomic E-state index is 10.5. The fraction of sp³-hybridized carbons (Fsp3) is 0.294. The van der Waals surface area contributed by atoms with E-state index in [9.17, 15) is 5.11 Å². The van der Waals surface area contributed by atoms with Crippen molar-refractivity contribution >= 4 is 0 Å². The third kappa shape index (κ3) is 2.66. The van der Waals surface area contributed by atoms with Crippen LogP contribution in [0.1, 0.15) is 17.2 Å². The molecule has 0 amide bonds. The van der Waals surface area contributed by atoms with Crippen LogP contribution in [0.4, 0.5) is 0 Å². The van der Waals surface area contributed by atoms with Gasteiger partial charge in [-0.1, -0.05) is 12.1 Å². The van der Waals surface area contributed by atoms with Crippen LogP contribution in [0.3, 0.4) is 0 Å². The molecule has 0 saturated carbocycles. The number of benzene rings is 2. The first-order valence-corrected chi connectivity index (χ1v) is 7.36. The van der Waals surface area contributed by atoms with Crippen LogP contribution >= 0.6 is 0 Å². The molecule has 0 radical (unpaired) electrons. The van der Waals surface area contributed by atoms with Gasteiger partial charge in [0.25, 0.3) is 0 Å². The largest absolute Gasteiger partial charge is 0.492 e. The summed E-state index contributed by atoms with van der Waals surface area (Å²) in [7, 11) is 0. The van der Waals surface area contributed by atoms with E-state index in [2.05, 4.69) is 0 Å². The number of aliphatic hydroxyl groups is 1. The predicted octanol–water partition coefficient (Wildman–Crippen LogP) is 1.42. The molecule has 0 aliphatic heterocycles. The van der Waals surface area contributed by atoms with Crippen molar-refractivity contribution in [2.24, 2.45) is 11.5 Å². The minimum atomic E-state index is -0.644. The van der Waals surface area contributed by atoms with Gasteiger partial charge in [0.1, 0.15) is 30.8 Å². The summed E-state index contributed by atoms with van der Waals surface area (Å²) in [6, 6.07) is 11.4. The standard InChI is InChI=1S/C17H20N2O3/c18-5-7-21-11-2-4-14-15(9-11)13-3-1-12(22-8-6-19)10-16(13)17(14)20/h1-4,9-10,17,20H,5-8,18-19H2. The van der Waals surface area contributed by atoms with Gasteiger partial charge in [-0.2, -0.15) is 0 Å². The fourth-order valence-electron chi connectivity index (χ4n) is 2.72. The Bertz CT molecular complexity index is 673. The van der Waals surface area contributed by atoms with Crippen molar-refractivity contribution in [3.8, 4) is 22.6 Å². The average Bonchev–Trinajstić information content (AvgIpc) is 2.83. The third-order valence-electron chi connectivity index (χ3n) is 3.70. The Labute approximate surface area is 129 Å². The van der Waals surface area contributed by atoms with E-state index >= 15 is 0 Å². The van der Waals surface area contributed by atoms with Crippen LogP contribution in [-0.4, -0.2) is 31.4 Å². The number of fused-ring (bicyclic) bond motifs is 3. The van der Waals surface area contributed by atoms with E-state index in [1.54, 1.807) is 0 Å². The molecule has 1 unspecified atom stereocenters. The van der Waals surface area contributed by atoms with E-state index in [0.717, 1.165) is 33.8 Å². The highest BCUT2D eigenvalue weighted by Gasteiger charge is 2.27. The molecule has 0 aromatic heterocycles. The van der Waals surface area contributed by atoms with Gasteiger partial charge in [-0.05, 0) is 46.5 Å². The molecule has 1 atom stereocenters. The van der Waals surface area contributed by atoms with Crippen molar-refractivity contribution in [2.75, 3.05) is 26.3 Å². The van der Waals surface area contributed by atoms with Crippen molar-refractivity contribution in [3.05, 3.63) is 47.5 Å². The molecule has 2 aromatic rings. The highest BCUT2D eigenvalue weighted by atomic mass is 16.5. The number of nitrogens with two attached hydrogens (primary N) is 2. The van der Waals surface area contributed by atoms with Gasteiger partial charge < -0.3 is 26.0 Å². The van der Waals surface area contributed by atoms with Crippen LogP contribution in [0.15, 0.2) is 36.4 Å². The molecule has 1 aliphatic rings. The second-order valence-electron chi connectivity index (χ2n) is 5.17. The zero-order valence-corrected chi connectivity index (χ0v) is 12.3. The third-order valence-corrected chi connectivity index (χ3v) is 3.70. The Hall–Kier alpha value is -2.08. The normalized spacial score (nSPS) is 15.3. The smallest absolute Gasteiger partial charge is 0.120 e. The molecule has 2 aromatic carbocycles. The molecule has 5 heteroatoms. The first-order valence-electron chi connectivity index (χ1n) is 7.36. The number of hydrogen-bond acceptors (Lipinski definition) is 5. The summed E-state index contributed by atoms with van der Waals surface area (Å²) < 4.78 is 11.1. The summed E-state index contributed by atoms with van der Waals surface area (Å²) in [5.74, 6) is 1.48. The molecular weight excluding hydrogens is 280 g/mol. The van der Waals surface area contributed by atoms with Gasteiger partial charge in [0.15, 0.2) is 0 Å². The summed E-state index contributed by atoms with van der Waals surface area (Å²) in [5, 5.41) is 10.5. The molecule has 1 aliphatic carbocycles. The Kier molecular flexibility index (Phi) is 4.29. The van der Waals surface area contributed by atoms with Crippen LogP contribution in [0.2, 0.25) is 0 Å². The Morgan fingerprint density at radius 2 is 1.45 bits per heavy atom. The monoisotopic (exact) mass is 300 g/mol. The lowest BCUT2D eigenvalue weighted by Crippen LogP contribution is -2.10. The van der Waals surface area contributed by atoms with E-state index in [1.807, 2.05) is 36.4 Å². The molecule has 22 heavy (non-hydrogen) atoms. The summed E-state index contributed by atoms with van der Waals surface area (Å²) in [4.78, 5) is 0. The molecule has 5 N–H and O–H groups in total. The van der Waals surface area contributed by atoms with Gasteiger partial charge in [-0.15, -0.1) is 0 Å². The second kappa shape index (κ2) is 6.36. The van der Waals surface area contributed by atoms with Gasteiger partial charge in [-0.25, -0.2) is 0 Å². The van der Waals surface area contributed by atoms with Crippen LogP contribution in [0.25, 0.3) is 11.1 Å². The Balaban J connectivity index is 1.93. The number of aliphatic hydroxyl groups excluding tert-OH is 1. The van der Waals surface area contributed by atoms with Crippen molar-refractivity contribution in [1.82, 2.24) is 0 Å². The molecule has 0 bridgehead atoms. The number of rotatable bonds is 6. The van der Waals surface area contributed by atoms with Crippen LogP contribution in [0.5, 0.6) is 11.5 Å². The highest BCUT2D eigenvalue weighted by Crippen LogP contribution is 2.45. The van der Waals surface area contributed by atoms with E-state index < -0.39 is 6.10 Å². The average molecular weight is 300 g/mol. The van der Waals surface area contributed by atoms with Crippen molar-refractivity contribution in [3.63, 3.8) is 0 Å². The topological polar surface area (TPSA) is 90.7 Å². The van der Waals surface area contributed by atoms with Gasteiger partial charge in [0.2, 0.25) is 0 Å². The lowest BCUT2D eigenvalue weighted by molar-refractivity contribution is 0.224. The van der Waals surface area contributed by atoms with Crippen LogP contribution in [0, 0.1) is 0 Å². The summed E-state index contributed by atoms with van der Waals surface area (Å²) in [6.07, 6.45) is -0.644. The second-order valence-corrected chi connectivity index (χ2v) is 5.17. The van der Waals surface area contributed by atoms with E-state index in [0.29, 0.717) is 26.3 Å². The molecule has 0 fully saturated rings. The first kappa shape index (κ1) is 14.8. The molecule has 0 heterocycles. The quantitative estimate of drug-likeness (QED) is 0.750. The van der Waals surface area contributed by atoms with Gasteiger partial charge in [-0.3, -0.25) is 0 Å². The van der Waals surface area contributed by atoms with Gasteiger partial charge >= 0.3 is 0 Å². The van der Waals surface area contributed by atoms with Crippen molar-refractivity contribution in [2.45, 2.75) is 6.10 Å². The summed E-state index contributed by atoms with van der Waals surface area (Å²) >= 11 is 0. The van der Waals surface area contributed by atoms with E-state index in [4.69, 9.17) is 20.9 Å². The molecular formula is C17H20N2O3. The van der Waals surface area contributed by atoms with Crippen molar-refractivity contribution in [1.29, 1.82) is 0 Å². The molecule has 0 spiro atoms. The maximum absolute atomic E-state index is 10.5. The Morgan fingerprint density at radius 1 is 0.818 bits per heavy atom. The SMILES string of the molecule is NCCOc1ccc2c(c1)-c1ccc(OCCN)cc1C2O. The summed E-state index contributed by atoms with van der Waals surface area (Å²) in [6.45, 7) is 1.86.